The molecule has 3 N–H and O–H groups in total. The maximum absolute atomic E-state index is 12.9. The Kier molecular flexibility index (Phi) is 11.6. The lowest BCUT2D eigenvalue weighted by molar-refractivity contribution is -0.118. The van der Waals surface area contributed by atoms with Crippen LogP contribution in [-0.2, 0) is 40.1 Å². The van der Waals surface area contributed by atoms with Crippen LogP contribution in [-0.4, -0.2) is 60.7 Å². The molecule has 16 heteroatoms. The van der Waals surface area contributed by atoms with Crippen molar-refractivity contribution >= 4 is 43.1 Å². The Labute approximate surface area is 298 Å². The molecule has 0 aliphatic carbocycles. The van der Waals surface area contributed by atoms with E-state index in [1.54, 1.807) is 12.1 Å². The van der Waals surface area contributed by atoms with Crippen LogP contribution in [0.5, 0.6) is 11.5 Å². The smallest absolute Gasteiger partial charge is 0.246 e. The first-order chi connectivity index (χ1) is 23.2. The van der Waals surface area contributed by atoms with Gasteiger partial charge in [0.2, 0.25) is 11.8 Å². The monoisotopic (exact) mass is 746 g/mol. The van der Waals surface area contributed by atoms with Gasteiger partial charge in [0.15, 0.2) is 31.3 Å². The number of sulfone groups is 2. The first-order valence-corrected chi connectivity index (χ1v) is 18.7. The summed E-state index contributed by atoms with van der Waals surface area (Å²) in [6, 6.07) is 14.1. The Morgan fingerprint density at radius 3 is 1.25 bits per heavy atom. The number of rotatable bonds is 9. The van der Waals surface area contributed by atoms with Crippen molar-refractivity contribution < 1.29 is 45.3 Å². The molecule has 14 nitrogen and oxygen atoms in total. The van der Waals surface area contributed by atoms with Gasteiger partial charge in [0.05, 0.1) is 16.9 Å². The molecular weight excluding hydrogens is 701 g/mol. The van der Waals surface area contributed by atoms with E-state index in [1.807, 2.05) is 41.5 Å². The first-order valence-electron chi connectivity index (χ1n) is 15.7. The topological polar surface area (TPSA) is 208 Å². The summed E-state index contributed by atoms with van der Waals surface area (Å²) < 4.78 is 63.3. The van der Waals surface area contributed by atoms with E-state index in [-0.39, 0.29) is 38.0 Å². The summed E-state index contributed by atoms with van der Waals surface area (Å²) in [4.78, 5) is 25.2. The average molecular weight is 747 g/mol. The highest BCUT2D eigenvalue weighted by molar-refractivity contribution is 7.94. The van der Waals surface area contributed by atoms with Gasteiger partial charge in [0.25, 0.3) is 0 Å². The number of aromatic nitrogens is 2. The maximum Gasteiger partial charge on any atom is 0.246 e. The third kappa shape index (κ3) is 8.97. The Morgan fingerprint density at radius 2 is 0.961 bits per heavy atom. The number of anilines is 2. The number of carbonyl (C=O) groups excluding carboxylic acids is 2. The Hall–Kier alpha value is -4.70. The molecule has 0 spiro atoms. The molecule has 0 saturated carbocycles. The number of methoxy groups -OCH3 is 1. The third-order valence-corrected chi connectivity index (χ3v) is 12.8. The van der Waals surface area contributed by atoms with Crippen LogP contribution >= 0.6 is 0 Å². The number of nitrogens with one attached hydrogen (secondary N) is 2. The molecule has 0 saturated heterocycles. The zero-order valence-electron chi connectivity index (χ0n) is 30.6. The van der Waals surface area contributed by atoms with Gasteiger partial charge in [-0.3, -0.25) is 9.59 Å². The van der Waals surface area contributed by atoms with E-state index in [0.29, 0.717) is 17.3 Å². The van der Waals surface area contributed by atoms with Gasteiger partial charge in [-0.2, -0.15) is 0 Å². The molecule has 2 heterocycles. The number of phenols is 1. The second kappa shape index (κ2) is 14.5. The van der Waals surface area contributed by atoms with Crippen molar-refractivity contribution in [2.75, 3.05) is 17.7 Å². The van der Waals surface area contributed by atoms with Gasteiger partial charge in [0, 0.05) is 23.0 Å². The minimum atomic E-state index is -3.98. The van der Waals surface area contributed by atoms with Gasteiger partial charge in [-0.05, 0) is 76.2 Å². The van der Waals surface area contributed by atoms with E-state index in [9.17, 15) is 31.5 Å². The summed E-state index contributed by atoms with van der Waals surface area (Å²) >= 11 is 0. The predicted octanol–water partition coefficient (Wildman–Crippen LogP) is 6.04. The van der Waals surface area contributed by atoms with Gasteiger partial charge in [-0.25, -0.2) is 16.8 Å². The minimum absolute atomic E-state index is 0.0361. The number of nitrogens with zero attached hydrogens (tertiary/aromatic N) is 2. The van der Waals surface area contributed by atoms with Crippen LogP contribution in [0.15, 0.2) is 79.5 Å². The average Bonchev–Trinajstić information content (AvgIpc) is 3.72. The fourth-order valence-electron chi connectivity index (χ4n) is 4.12. The Morgan fingerprint density at radius 1 is 0.627 bits per heavy atom. The molecule has 0 radical (unpaired) electrons. The Bertz CT molecular complexity index is 2070. The second-order valence-corrected chi connectivity index (χ2v) is 19.8. The van der Waals surface area contributed by atoms with Crippen molar-refractivity contribution in [2.45, 2.75) is 99.4 Å². The summed E-state index contributed by atoms with van der Waals surface area (Å²) in [5.74, 6) is 0.547. The van der Waals surface area contributed by atoms with Crippen LogP contribution in [0.2, 0.25) is 0 Å². The number of aromatic hydroxyl groups is 1. The number of benzene rings is 2. The van der Waals surface area contributed by atoms with Crippen LogP contribution in [0.25, 0.3) is 0 Å². The molecule has 0 fully saturated rings. The number of ether oxygens (including phenoxy) is 1. The molecule has 4 aromatic rings. The molecule has 0 aliphatic heterocycles. The standard InChI is InChI=1S/C18H24N2O5S.C17H22N2O5S/c1-17(2,3)14-11-15(20-25-14)19-16(21)18(4,5)26(22,23)13-9-7-12(24-6)8-10-13;1-16(2,3)13-10-14(19-24-13)18-15(21)17(4,5)25(22,23)12-8-6-11(20)7-9-12/h7-11H,1-6H3,(H,19,20,21);6-10,20H,1-5H3,(H,18,19,21). The fraction of sp³-hybridized carbons (Fsp3) is 0.429. The largest absolute Gasteiger partial charge is 0.508 e. The Balaban J connectivity index is 0.000000276. The summed E-state index contributed by atoms with van der Waals surface area (Å²) in [5.41, 5.74) is -0.565. The van der Waals surface area contributed by atoms with Crippen molar-refractivity contribution in [3.8, 4) is 11.5 Å². The normalized spacial score (nSPS) is 12.8. The molecule has 4 rings (SSSR count). The number of hydrogen-bond acceptors (Lipinski definition) is 12. The van der Waals surface area contributed by atoms with Crippen LogP contribution in [0.1, 0.15) is 80.8 Å². The molecule has 2 aromatic carbocycles. The maximum atomic E-state index is 12.9. The molecule has 0 bridgehead atoms. The lowest BCUT2D eigenvalue weighted by atomic mass is 9.93. The van der Waals surface area contributed by atoms with Gasteiger partial charge >= 0.3 is 0 Å². The highest BCUT2D eigenvalue weighted by Crippen LogP contribution is 2.31. The molecule has 2 aromatic heterocycles. The SMILES string of the molecule is CC(C)(C)c1cc(NC(=O)C(C)(C)S(=O)(=O)c2ccc(O)cc2)no1.COc1ccc(S(=O)(=O)C(C)(C)C(=O)Nc2cc(C(C)(C)C)on2)cc1. The third-order valence-electron chi connectivity index (χ3n) is 7.94. The molecule has 2 amide bonds. The van der Waals surface area contributed by atoms with Crippen LogP contribution in [0.4, 0.5) is 11.6 Å². The second-order valence-electron chi connectivity index (χ2n) is 14.8. The van der Waals surface area contributed by atoms with E-state index >= 15 is 0 Å². The lowest BCUT2D eigenvalue weighted by Crippen LogP contribution is -2.44. The molecule has 278 valence electrons. The lowest BCUT2D eigenvalue weighted by Gasteiger charge is -2.23. The quantitative estimate of drug-likeness (QED) is 0.179. The van der Waals surface area contributed by atoms with Gasteiger partial charge < -0.3 is 29.5 Å². The van der Waals surface area contributed by atoms with Gasteiger partial charge in [-0.15, -0.1) is 0 Å². The minimum Gasteiger partial charge on any atom is -0.508 e. The zero-order chi connectivity index (χ0) is 38.8. The summed E-state index contributed by atoms with van der Waals surface area (Å²) in [7, 11) is -6.42. The van der Waals surface area contributed by atoms with E-state index in [2.05, 4.69) is 20.9 Å². The van der Waals surface area contributed by atoms with Gasteiger partial charge in [0.1, 0.15) is 32.5 Å². The summed E-state index contributed by atoms with van der Waals surface area (Å²) in [6.45, 7) is 16.9. The van der Waals surface area contributed by atoms with Crippen molar-refractivity contribution in [1.82, 2.24) is 10.3 Å². The number of amides is 2. The van der Waals surface area contributed by atoms with E-state index < -0.39 is 41.0 Å². The van der Waals surface area contributed by atoms with Gasteiger partial charge in [-0.1, -0.05) is 51.9 Å². The van der Waals surface area contributed by atoms with Crippen molar-refractivity contribution in [3.63, 3.8) is 0 Å². The van der Waals surface area contributed by atoms with Crippen molar-refractivity contribution in [2.24, 2.45) is 0 Å². The summed E-state index contributed by atoms with van der Waals surface area (Å²) in [5, 5.41) is 21.9. The van der Waals surface area contributed by atoms with Crippen LogP contribution in [0.3, 0.4) is 0 Å². The van der Waals surface area contributed by atoms with E-state index in [0.717, 1.165) is 0 Å². The van der Waals surface area contributed by atoms with Crippen LogP contribution in [0, 0.1) is 0 Å². The number of hydrogen-bond donors (Lipinski definition) is 3. The van der Waals surface area contributed by atoms with E-state index in [4.69, 9.17) is 13.8 Å². The van der Waals surface area contributed by atoms with Crippen LogP contribution < -0.4 is 15.4 Å². The van der Waals surface area contributed by atoms with Crippen molar-refractivity contribution in [3.05, 3.63) is 72.2 Å². The zero-order valence-corrected chi connectivity index (χ0v) is 32.2. The molecule has 0 aliphatic rings. The number of carbonyl (C=O) groups is 2. The molecule has 0 unspecified atom stereocenters. The van der Waals surface area contributed by atoms with Crippen molar-refractivity contribution in [1.29, 1.82) is 0 Å². The molecule has 51 heavy (non-hydrogen) atoms. The summed E-state index contributed by atoms with van der Waals surface area (Å²) in [6.07, 6.45) is 0. The fourth-order valence-corrected chi connectivity index (χ4v) is 6.88. The molecular formula is C35H46N4O10S2. The predicted molar refractivity (Wildman–Crippen MR) is 191 cm³/mol. The first kappa shape index (κ1) is 40.7. The molecule has 0 atom stereocenters. The van der Waals surface area contributed by atoms with E-state index in [1.165, 1.54) is 83.3 Å². The highest BCUT2D eigenvalue weighted by atomic mass is 32.2. The highest BCUT2D eigenvalue weighted by Gasteiger charge is 2.44. The number of phenolic OH excluding ortho intramolecular Hbond substituents is 1.